The van der Waals surface area contributed by atoms with Gasteiger partial charge >= 0.3 is 0 Å². The van der Waals surface area contributed by atoms with Gasteiger partial charge in [0.15, 0.2) is 0 Å². The van der Waals surface area contributed by atoms with Crippen molar-refractivity contribution in [3.63, 3.8) is 0 Å². The highest BCUT2D eigenvalue weighted by molar-refractivity contribution is 5.41. The number of para-hydroxylation sites is 1. The first kappa shape index (κ1) is 21.3. The molecule has 2 N–H and O–H groups in total. The van der Waals surface area contributed by atoms with Crippen LogP contribution in [0.25, 0.3) is 0 Å². The first-order valence-electron chi connectivity index (χ1n) is 11.2. The Bertz CT molecular complexity index is 943. The van der Waals surface area contributed by atoms with E-state index in [2.05, 4.69) is 66.4 Å². The molecule has 2 atom stereocenters. The van der Waals surface area contributed by atoms with Gasteiger partial charge in [-0.15, -0.1) is 0 Å². The Hall–Kier alpha value is -2.98. The smallest absolute Gasteiger partial charge is 0.122 e. The summed E-state index contributed by atoms with van der Waals surface area (Å²) in [7, 11) is 0. The number of nitrogen functional groups attached to an aromatic ring is 1. The summed E-state index contributed by atoms with van der Waals surface area (Å²) in [5.74, 6) is 2.23. The van der Waals surface area contributed by atoms with E-state index in [9.17, 15) is 0 Å². The van der Waals surface area contributed by atoms with Crippen LogP contribution in [0.15, 0.2) is 78.9 Å². The average Bonchev–Trinajstić information content (AvgIpc) is 2.81. The van der Waals surface area contributed by atoms with Crippen molar-refractivity contribution in [1.82, 2.24) is 4.90 Å². The lowest BCUT2D eigenvalue weighted by Gasteiger charge is -2.39. The van der Waals surface area contributed by atoms with Gasteiger partial charge in [-0.1, -0.05) is 48.5 Å². The number of hydrogen-bond acceptors (Lipinski definition) is 4. The molecule has 4 heteroatoms. The Balaban J connectivity index is 1.35. The largest absolute Gasteiger partial charge is 0.494 e. The summed E-state index contributed by atoms with van der Waals surface area (Å²) in [5.41, 5.74) is 9.04. The lowest BCUT2D eigenvalue weighted by molar-refractivity contribution is 0.0745. The summed E-state index contributed by atoms with van der Waals surface area (Å²) in [4.78, 5) is 2.54. The average molecular weight is 417 g/mol. The topological polar surface area (TPSA) is 47.7 Å². The molecule has 0 aromatic heterocycles. The maximum absolute atomic E-state index is 6.53. The third-order valence-electron chi connectivity index (χ3n) is 6.00. The SMILES string of the molecule is Cc1ccccc1O[C@@H]1CCN(CCCOc2ccc(N)cc2)C[C@@H]1c1ccccc1. The maximum atomic E-state index is 6.53. The lowest BCUT2D eigenvalue weighted by atomic mass is 9.87. The molecule has 162 valence electrons. The molecule has 0 saturated carbocycles. The minimum atomic E-state index is 0.186. The van der Waals surface area contributed by atoms with Crippen LogP contribution in [0.2, 0.25) is 0 Å². The van der Waals surface area contributed by atoms with E-state index in [1.165, 1.54) is 11.1 Å². The second kappa shape index (κ2) is 10.4. The zero-order valence-electron chi connectivity index (χ0n) is 18.2. The molecular formula is C27H32N2O2. The molecule has 1 aliphatic heterocycles. The fourth-order valence-corrected chi connectivity index (χ4v) is 4.26. The predicted octanol–water partition coefficient (Wildman–Crippen LogP) is 5.28. The fraction of sp³-hybridized carbons (Fsp3) is 0.333. The van der Waals surface area contributed by atoms with Crippen molar-refractivity contribution in [3.05, 3.63) is 90.0 Å². The highest BCUT2D eigenvalue weighted by Gasteiger charge is 2.32. The van der Waals surface area contributed by atoms with Gasteiger partial charge in [-0.25, -0.2) is 0 Å². The lowest BCUT2D eigenvalue weighted by Crippen LogP contribution is -2.44. The van der Waals surface area contributed by atoms with Gasteiger partial charge in [0.2, 0.25) is 0 Å². The first-order chi connectivity index (χ1) is 15.2. The van der Waals surface area contributed by atoms with Crippen molar-refractivity contribution in [1.29, 1.82) is 0 Å². The van der Waals surface area contributed by atoms with E-state index in [1.54, 1.807) is 0 Å². The van der Waals surface area contributed by atoms with E-state index in [0.717, 1.165) is 49.7 Å². The van der Waals surface area contributed by atoms with Gasteiger partial charge in [-0.05, 0) is 61.2 Å². The number of ether oxygens (including phenoxy) is 2. The van der Waals surface area contributed by atoms with Crippen LogP contribution < -0.4 is 15.2 Å². The van der Waals surface area contributed by atoms with Crippen molar-refractivity contribution >= 4 is 5.69 Å². The van der Waals surface area contributed by atoms with Crippen molar-refractivity contribution in [3.8, 4) is 11.5 Å². The van der Waals surface area contributed by atoms with E-state index < -0.39 is 0 Å². The van der Waals surface area contributed by atoms with Crippen LogP contribution >= 0.6 is 0 Å². The highest BCUT2D eigenvalue weighted by atomic mass is 16.5. The molecule has 0 amide bonds. The Labute approximate surface area is 185 Å². The molecule has 0 unspecified atom stereocenters. The Kier molecular flexibility index (Phi) is 7.11. The van der Waals surface area contributed by atoms with Crippen LogP contribution in [0, 0.1) is 6.92 Å². The molecule has 4 nitrogen and oxygen atoms in total. The van der Waals surface area contributed by atoms with Gasteiger partial charge in [0.05, 0.1) is 6.61 Å². The predicted molar refractivity (Wildman–Crippen MR) is 127 cm³/mol. The van der Waals surface area contributed by atoms with Crippen LogP contribution in [0.4, 0.5) is 5.69 Å². The molecule has 0 bridgehead atoms. The van der Waals surface area contributed by atoms with Crippen molar-refractivity contribution in [2.45, 2.75) is 31.8 Å². The molecule has 1 aliphatic rings. The molecule has 1 saturated heterocycles. The number of likely N-dealkylation sites (tertiary alicyclic amines) is 1. The number of anilines is 1. The van der Waals surface area contributed by atoms with Crippen LogP contribution in [-0.4, -0.2) is 37.2 Å². The van der Waals surface area contributed by atoms with E-state index in [0.29, 0.717) is 12.5 Å². The van der Waals surface area contributed by atoms with Crippen molar-refractivity contribution in [2.24, 2.45) is 0 Å². The quantitative estimate of drug-likeness (QED) is 0.401. The van der Waals surface area contributed by atoms with Crippen LogP contribution in [-0.2, 0) is 0 Å². The summed E-state index contributed by atoms with van der Waals surface area (Å²) < 4.78 is 12.4. The minimum absolute atomic E-state index is 0.186. The summed E-state index contributed by atoms with van der Waals surface area (Å²) in [6.45, 7) is 5.89. The summed E-state index contributed by atoms with van der Waals surface area (Å²) in [5, 5.41) is 0. The van der Waals surface area contributed by atoms with Crippen LogP contribution in [0.1, 0.15) is 29.9 Å². The Morgan fingerprint density at radius 3 is 2.45 bits per heavy atom. The molecule has 1 heterocycles. The maximum Gasteiger partial charge on any atom is 0.122 e. The second-order valence-corrected chi connectivity index (χ2v) is 8.30. The summed E-state index contributed by atoms with van der Waals surface area (Å²) in [6.07, 6.45) is 2.20. The number of piperidine rings is 1. The zero-order chi connectivity index (χ0) is 21.5. The van der Waals surface area contributed by atoms with Gasteiger partial charge in [0.1, 0.15) is 17.6 Å². The van der Waals surface area contributed by atoms with E-state index in [-0.39, 0.29) is 6.10 Å². The molecule has 3 aromatic rings. The molecule has 0 aliphatic carbocycles. The van der Waals surface area contributed by atoms with Gasteiger partial charge in [-0.3, -0.25) is 0 Å². The Morgan fingerprint density at radius 2 is 1.68 bits per heavy atom. The van der Waals surface area contributed by atoms with Gasteiger partial charge in [-0.2, -0.15) is 0 Å². The number of aryl methyl sites for hydroxylation is 1. The van der Waals surface area contributed by atoms with Crippen LogP contribution in [0.3, 0.4) is 0 Å². The number of nitrogens with zero attached hydrogens (tertiary/aromatic N) is 1. The van der Waals surface area contributed by atoms with E-state index in [4.69, 9.17) is 15.2 Å². The molecule has 31 heavy (non-hydrogen) atoms. The summed E-state index contributed by atoms with van der Waals surface area (Å²) >= 11 is 0. The fourth-order valence-electron chi connectivity index (χ4n) is 4.26. The zero-order valence-corrected chi connectivity index (χ0v) is 18.2. The molecule has 3 aromatic carbocycles. The third-order valence-corrected chi connectivity index (χ3v) is 6.00. The standard InChI is InChI=1S/C27H32N2O2/c1-21-8-5-6-11-26(21)31-27-16-18-29(20-25(27)22-9-3-2-4-10-22)17-7-19-30-24-14-12-23(28)13-15-24/h2-6,8-15,25,27H,7,16-20,28H2,1H3/t25-,27-/m1/s1. The van der Waals surface area contributed by atoms with Gasteiger partial charge in [0, 0.05) is 31.2 Å². The van der Waals surface area contributed by atoms with Gasteiger partial charge in [0.25, 0.3) is 0 Å². The number of rotatable bonds is 8. The number of nitrogens with two attached hydrogens (primary N) is 1. The summed E-state index contributed by atoms with van der Waals surface area (Å²) in [6, 6.07) is 26.7. The minimum Gasteiger partial charge on any atom is -0.494 e. The molecule has 0 spiro atoms. The Morgan fingerprint density at radius 1 is 0.935 bits per heavy atom. The molecule has 0 radical (unpaired) electrons. The number of hydrogen-bond donors (Lipinski definition) is 1. The normalized spacial score (nSPS) is 19.1. The van der Waals surface area contributed by atoms with Crippen LogP contribution in [0.5, 0.6) is 11.5 Å². The molecule has 4 rings (SSSR count). The van der Waals surface area contributed by atoms with E-state index >= 15 is 0 Å². The first-order valence-corrected chi connectivity index (χ1v) is 11.2. The number of benzene rings is 3. The molecule has 1 fully saturated rings. The third kappa shape index (κ3) is 5.80. The van der Waals surface area contributed by atoms with Crippen molar-refractivity contribution < 1.29 is 9.47 Å². The monoisotopic (exact) mass is 416 g/mol. The highest BCUT2D eigenvalue weighted by Crippen LogP contribution is 2.32. The van der Waals surface area contributed by atoms with Gasteiger partial charge < -0.3 is 20.1 Å². The van der Waals surface area contributed by atoms with E-state index in [1.807, 2.05) is 24.3 Å². The van der Waals surface area contributed by atoms with Crippen molar-refractivity contribution in [2.75, 3.05) is 32.0 Å². The molecular weight excluding hydrogens is 384 g/mol. The second-order valence-electron chi connectivity index (χ2n) is 8.30.